The highest BCUT2D eigenvalue weighted by Crippen LogP contribution is 2.13. The fourth-order valence-electron chi connectivity index (χ4n) is 3.04. The molecule has 0 aliphatic carbocycles. The van der Waals surface area contributed by atoms with Crippen LogP contribution in [0.15, 0.2) is 67.1 Å². The van der Waals surface area contributed by atoms with Crippen LogP contribution in [0.2, 0.25) is 0 Å². The zero-order chi connectivity index (χ0) is 19.6. The minimum absolute atomic E-state index is 0.759. The first-order valence-electron chi connectivity index (χ1n) is 9.50. The van der Waals surface area contributed by atoms with Gasteiger partial charge in [-0.25, -0.2) is 0 Å². The standard InChI is InChI=1S/C22H27N5O/c1-3-26(17-21-14-22(28-2)10-13-25-21)18-27(15-19-8-4-6-11-23-19)16-20-9-5-7-12-24-20/h4-14H,3,15-18H2,1-2H3. The van der Waals surface area contributed by atoms with Gasteiger partial charge in [-0.3, -0.25) is 24.8 Å². The smallest absolute Gasteiger partial charge is 0.122 e. The SMILES string of the molecule is CCN(Cc1cc(OC)ccn1)CN(Cc1ccccn1)Cc1ccccn1. The van der Waals surface area contributed by atoms with Crippen molar-refractivity contribution >= 4 is 0 Å². The summed E-state index contributed by atoms with van der Waals surface area (Å²) in [6.07, 6.45) is 5.47. The number of nitrogens with zero attached hydrogens (tertiary/aromatic N) is 5. The second-order valence-corrected chi connectivity index (χ2v) is 6.60. The molecule has 0 fully saturated rings. The summed E-state index contributed by atoms with van der Waals surface area (Å²) in [5.41, 5.74) is 3.10. The van der Waals surface area contributed by atoms with Crippen molar-refractivity contribution in [2.24, 2.45) is 0 Å². The Hall–Kier alpha value is -2.83. The molecule has 0 aromatic carbocycles. The van der Waals surface area contributed by atoms with Crippen LogP contribution in [0.5, 0.6) is 5.75 Å². The van der Waals surface area contributed by atoms with E-state index in [1.165, 1.54) is 0 Å². The number of ether oxygens (including phenoxy) is 1. The van der Waals surface area contributed by atoms with Crippen LogP contribution in [0.3, 0.4) is 0 Å². The second-order valence-electron chi connectivity index (χ2n) is 6.60. The number of hydrogen-bond donors (Lipinski definition) is 0. The molecule has 0 aliphatic heterocycles. The Kier molecular flexibility index (Phi) is 7.46. The Morgan fingerprint density at radius 2 is 1.36 bits per heavy atom. The van der Waals surface area contributed by atoms with Crippen molar-refractivity contribution in [3.63, 3.8) is 0 Å². The van der Waals surface area contributed by atoms with Gasteiger partial charge >= 0.3 is 0 Å². The largest absolute Gasteiger partial charge is 0.497 e. The summed E-state index contributed by atoms with van der Waals surface area (Å²) in [4.78, 5) is 18.2. The highest BCUT2D eigenvalue weighted by atomic mass is 16.5. The summed E-state index contributed by atoms with van der Waals surface area (Å²) in [5.74, 6) is 0.833. The van der Waals surface area contributed by atoms with E-state index in [4.69, 9.17) is 4.74 Å². The number of hydrogen-bond acceptors (Lipinski definition) is 6. The number of rotatable bonds is 10. The van der Waals surface area contributed by atoms with Crippen molar-refractivity contribution in [1.82, 2.24) is 24.8 Å². The summed E-state index contributed by atoms with van der Waals surface area (Å²) >= 11 is 0. The lowest BCUT2D eigenvalue weighted by atomic mass is 10.3. The van der Waals surface area contributed by atoms with Gasteiger partial charge in [0.2, 0.25) is 0 Å². The third kappa shape index (κ3) is 6.11. The molecule has 0 aliphatic rings. The highest BCUT2D eigenvalue weighted by molar-refractivity contribution is 5.22. The van der Waals surface area contributed by atoms with Crippen molar-refractivity contribution in [3.05, 3.63) is 84.2 Å². The zero-order valence-corrected chi connectivity index (χ0v) is 16.5. The predicted molar refractivity (Wildman–Crippen MR) is 109 cm³/mol. The van der Waals surface area contributed by atoms with E-state index < -0.39 is 0 Å². The Morgan fingerprint density at radius 1 is 0.750 bits per heavy atom. The van der Waals surface area contributed by atoms with Crippen molar-refractivity contribution in [2.45, 2.75) is 26.6 Å². The molecule has 0 spiro atoms. The fourth-order valence-corrected chi connectivity index (χ4v) is 3.04. The van der Waals surface area contributed by atoms with Crippen LogP contribution < -0.4 is 4.74 Å². The molecule has 0 radical (unpaired) electrons. The third-order valence-electron chi connectivity index (χ3n) is 4.48. The van der Waals surface area contributed by atoms with Crippen molar-refractivity contribution in [1.29, 1.82) is 0 Å². The molecule has 3 rings (SSSR count). The molecular weight excluding hydrogens is 350 g/mol. The molecule has 3 aromatic heterocycles. The normalized spacial score (nSPS) is 11.1. The van der Waals surface area contributed by atoms with E-state index in [1.807, 2.05) is 48.8 Å². The molecule has 3 heterocycles. The van der Waals surface area contributed by atoms with E-state index in [0.717, 1.165) is 55.7 Å². The molecule has 28 heavy (non-hydrogen) atoms. The highest BCUT2D eigenvalue weighted by Gasteiger charge is 2.14. The van der Waals surface area contributed by atoms with Gasteiger partial charge < -0.3 is 4.74 Å². The van der Waals surface area contributed by atoms with E-state index in [9.17, 15) is 0 Å². The van der Waals surface area contributed by atoms with Gasteiger partial charge in [-0.15, -0.1) is 0 Å². The summed E-state index contributed by atoms with van der Waals surface area (Å²) in [6.45, 7) is 6.16. The molecule has 146 valence electrons. The zero-order valence-electron chi connectivity index (χ0n) is 16.5. The average molecular weight is 377 g/mol. The molecule has 3 aromatic rings. The lowest BCUT2D eigenvalue weighted by Gasteiger charge is -2.29. The monoisotopic (exact) mass is 377 g/mol. The predicted octanol–water partition coefficient (Wildman–Crippen LogP) is 3.36. The van der Waals surface area contributed by atoms with E-state index in [0.29, 0.717) is 0 Å². The first-order valence-corrected chi connectivity index (χ1v) is 9.50. The Morgan fingerprint density at radius 3 is 1.89 bits per heavy atom. The average Bonchev–Trinajstić information content (AvgIpc) is 2.75. The molecule has 0 saturated carbocycles. The molecule has 6 nitrogen and oxygen atoms in total. The van der Waals surface area contributed by atoms with E-state index >= 15 is 0 Å². The Bertz CT molecular complexity index is 787. The van der Waals surface area contributed by atoms with Crippen LogP contribution in [-0.4, -0.2) is 45.1 Å². The Balaban J connectivity index is 1.71. The van der Waals surface area contributed by atoms with Crippen LogP contribution in [-0.2, 0) is 19.6 Å². The second kappa shape index (κ2) is 10.5. The molecular formula is C22H27N5O. The maximum Gasteiger partial charge on any atom is 0.122 e. The fraction of sp³-hybridized carbons (Fsp3) is 0.318. The van der Waals surface area contributed by atoms with Gasteiger partial charge in [-0.05, 0) is 36.9 Å². The third-order valence-corrected chi connectivity index (χ3v) is 4.48. The maximum atomic E-state index is 5.32. The maximum absolute atomic E-state index is 5.32. The molecule has 0 bridgehead atoms. The molecule has 0 amide bonds. The summed E-state index contributed by atoms with van der Waals surface area (Å²) in [6, 6.07) is 15.9. The minimum Gasteiger partial charge on any atom is -0.497 e. The molecule has 0 unspecified atom stereocenters. The van der Waals surface area contributed by atoms with Crippen LogP contribution in [0.1, 0.15) is 24.0 Å². The van der Waals surface area contributed by atoms with Gasteiger partial charge in [-0.1, -0.05) is 19.1 Å². The Labute approximate surface area is 166 Å². The molecule has 6 heteroatoms. The van der Waals surface area contributed by atoms with Crippen LogP contribution in [0.25, 0.3) is 0 Å². The van der Waals surface area contributed by atoms with Crippen molar-refractivity contribution in [2.75, 3.05) is 20.3 Å². The summed E-state index contributed by atoms with van der Waals surface area (Å²) in [5, 5.41) is 0. The van der Waals surface area contributed by atoms with Gasteiger partial charge in [0.05, 0.1) is 30.9 Å². The van der Waals surface area contributed by atoms with Gasteiger partial charge in [0.15, 0.2) is 0 Å². The van der Waals surface area contributed by atoms with Gasteiger partial charge in [-0.2, -0.15) is 0 Å². The number of methoxy groups -OCH3 is 1. The minimum atomic E-state index is 0.759. The lowest BCUT2D eigenvalue weighted by Crippen LogP contribution is -2.37. The quantitative estimate of drug-likeness (QED) is 0.505. The van der Waals surface area contributed by atoms with Crippen molar-refractivity contribution in [3.8, 4) is 5.75 Å². The topological polar surface area (TPSA) is 54.4 Å². The first-order chi connectivity index (χ1) is 13.8. The lowest BCUT2D eigenvalue weighted by molar-refractivity contribution is 0.114. The van der Waals surface area contributed by atoms with Crippen LogP contribution in [0, 0.1) is 0 Å². The molecule has 0 saturated heterocycles. The van der Waals surface area contributed by atoms with Crippen molar-refractivity contribution < 1.29 is 4.74 Å². The summed E-state index contributed by atoms with van der Waals surface area (Å²) < 4.78 is 5.32. The molecule has 0 atom stereocenters. The van der Waals surface area contributed by atoms with E-state index in [-0.39, 0.29) is 0 Å². The van der Waals surface area contributed by atoms with Gasteiger partial charge in [0, 0.05) is 44.3 Å². The number of pyridine rings is 3. The van der Waals surface area contributed by atoms with Crippen LogP contribution in [0.4, 0.5) is 0 Å². The van der Waals surface area contributed by atoms with Gasteiger partial charge in [0.25, 0.3) is 0 Å². The van der Waals surface area contributed by atoms with Crippen LogP contribution >= 0.6 is 0 Å². The van der Waals surface area contributed by atoms with Gasteiger partial charge in [0.1, 0.15) is 5.75 Å². The summed E-state index contributed by atoms with van der Waals surface area (Å²) in [7, 11) is 1.68. The number of aromatic nitrogens is 3. The molecule has 0 N–H and O–H groups in total. The first kappa shape index (κ1) is 19.9. The van der Waals surface area contributed by atoms with E-state index in [1.54, 1.807) is 13.3 Å². The van der Waals surface area contributed by atoms with E-state index in [2.05, 4.69) is 43.8 Å².